The van der Waals surface area contributed by atoms with Crippen LogP contribution in [0.5, 0.6) is 5.75 Å². The molecule has 1 aromatic rings. The molecule has 0 unspecified atom stereocenters. The minimum absolute atomic E-state index is 0.0164. The molecule has 0 N–H and O–H groups in total. The number of carbonyl (C=O) groups excluding carboxylic acids is 1. The number of ether oxygens (including phenoxy) is 1. The third kappa shape index (κ3) is 2.80. The first-order valence-corrected chi connectivity index (χ1v) is 7.03. The van der Waals surface area contributed by atoms with Crippen molar-refractivity contribution in [2.45, 2.75) is 32.9 Å². The second-order valence-electron chi connectivity index (χ2n) is 5.74. The summed E-state index contributed by atoms with van der Waals surface area (Å²) < 4.78 is 5.39. The molecule has 0 bridgehead atoms. The summed E-state index contributed by atoms with van der Waals surface area (Å²) in [6.45, 7) is 5.76. The number of nitrogens with zero attached hydrogens (tertiary/aromatic N) is 2. The summed E-state index contributed by atoms with van der Waals surface area (Å²) in [7, 11) is 5.60. The molecule has 0 aromatic heterocycles. The number of benzene rings is 1. The van der Waals surface area contributed by atoms with Gasteiger partial charge in [-0.2, -0.15) is 0 Å². The van der Waals surface area contributed by atoms with Gasteiger partial charge in [0.25, 0.3) is 0 Å². The molecule has 0 aliphatic carbocycles. The first kappa shape index (κ1) is 14.9. The fourth-order valence-corrected chi connectivity index (χ4v) is 3.06. The van der Waals surface area contributed by atoms with E-state index in [-0.39, 0.29) is 11.9 Å². The topological polar surface area (TPSA) is 32.8 Å². The molecule has 20 heavy (non-hydrogen) atoms. The largest absolute Gasteiger partial charge is 0.496 e. The zero-order chi connectivity index (χ0) is 14.9. The summed E-state index contributed by atoms with van der Waals surface area (Å²) >= 11 is 0. The first-order chi connectivity index (χ1) is 9.43. The van der Waals surface area contributed by atoms with Crippen molar-refractivity contribution < 1.29 is 9.53 Å². The lowest BCUT2D eigenvalue weighted by Gasteiger charge is -2.23. The van der Waals surface area contributed by atoms with Crippen LogP contribution in [-0.2, 0) is 11.3 Å². The highest BCUT2D eigenvalue weighted by atomic mass is 16.5. The Bertz CT molecular complexity index is 490. The number of likely N-dealkylation sites (N-methyl/N-ethyl adjacent to an activating group) is 2. The fourth-order valence-electron chi connectivity index (χ4n) is 3.06. The molecule has 4 heteroatoms. The number of carbonyl (C=O) groups is 1. The molecule has 1 saturated heterocycles. The van der Waals surface area contributed by atoms with Crippen LogP contribution < -0.4 is 4.74 Å². The van der Waals surface area contributed by atoms with Gasteiger partial charge in [0, 0.05) is 20.1 Å². The monoisotopic (exact) mass is 276 g/mol. The maximum Gasteiger partial charge on any atom is 0.239 e. The Morgan fingerprint density at radius 3 is 2.40 bits per heavy atom. The fraction of sp³-hybridized carbons (Fsp3) is 0.562. The van der Waals surface area contributed by atoms with E-state index in [4.69, 9.17) is 4.74 Å². The van der Waals surface area contributed by atoms with Gasteiger partial charge in [0.2, 0.25) is 5.91 Å². The van der Waals surface area contributed by atoms with E-state index in [2.05, 4.69) is 30.9 Å². The lowest BCUT2D eigenvalue weighted by Crippen LogP contribution is -2.38. The van der Waals surface area contributed by atoms with Gasteiger partial charge in [-0.15, -0.1) is 0 Å². The highest BCUT2D eigenvalue weighted by Gasteiger charge is 2.32. The van der Waals surface area contributed by atoms with Gasteiger partial charge < -0.3 is 9.64 Å². The van der Waals surface area contributed by atoms with Crippen molar-refractivity contribution in [3.8, 4) is 5.75 Å². The van der Waals surface area contributed by atoms with Crippen molar-refractivity contribution in [2.24, 2.45) is 0 Å². The summed E-state index contributed by atoms with van der Waals surface area (Å²) in [5.74, 6) is 1.18. The molecule has 0 spiro atoms. The molecule has 0 saturated carbocycles. The van der Waals surface area contributed by atoms with Crippen molar-refractivity contribution in [1.29, 1.82) is 0 Å². The Morgan fingerprint density at radius 2 is 1.95 bits per heavy atom. The van der Waals surface area contributed by atoms with Crippen molar-refractivity contribution in [3.63, 3.8) is 0 Å². The molecule has 4 nitrogen and oxygen atoms in total. The van der Waals surface area contributed by atoms with E-state index >= 15 is 0 Å². The standard InChI is InChI=1S/C16H24N2O2/c1-11-8-13(9-12(2)15(11)20-5)10-18(4)14-6-7-17(3)16(14)19/h8-9,14H,6-7,10H2,1-5H3/t14-/m0/s1. The van der Waals surface area contributed by atoms with Gasteiger partial charge in [0.05, 0.1) is 13.2 Å². The van der Waals surface area contributed by atoms with E-state index in [1.165, 1.54) is 5.56 Å². The van der Waals surface area contributed by atoms with E-state index < -0.39 is 0 Å². The summed E-state index contributed by atoms with van der Waals surface area (Å²) in [4.78, 5) is 16.0. The van der Waals surface area contributed by atoms with E-state index in [1.54, 1.807) is 7.11 Å². The molecular weight excluding hydrogens is 252 g/mol. The number of amides is 1. The average molecular weight is 276 g/mol. The van der Waals surface area contributed by atoms with Crippen LogP contribution in [0.1, 0.15) is 23.1 Å². The second kappa shape index (κ2) is 5.83. The number of likely N-dealkylation sites (tertiary alicyclic amines) is 1. The highest BCUT2D eigenvalue weighted by molar-refractivity contribution is 5.83. The van der Waals surface area contributed by atoms with Crippen LogP contribution in [0.2, 0.25) is 0 Å². The lowest BCUT2D eigenvalue weighted by atomic mass is 10.0. The number of methoxy groups -OCH3 is 1. The Morgan fingerprint density at radius 1 is 1.35 bits per heavy atom. The lowest BCUT2D eigenvalue weighted by molar-refractivity contribution is -0.130. The van der Waals surface area contributed by atoms with Gasteiger partial charge in [-0.1, -0.05) is 12.1 Å². The van der Waals surface area contributed by atoms with Gasteiger partial charge in [0.1, 0.15) is 5.75 Å². The minimum atomic E-state index is 0.0164. The van der Waals surface area contributed by atoms with Crippen molar-refractivity contribution in [2.75, 3.05) is 27.7 Å². The molecule has 110 valence electrons. The molecule has 2 rings (SSSR count). The predicted octanol–water partition coefficient (Wildman–Crippen LogP) is 1.97. The van der Waals surface area contributed by atoms with Crippen molar-refractivity contribution in [3.05, 3.63) is 28.8 Å². The quantitative estimate of drug-likeness (QED) is 0.843. The minimum Gasteiger partial charge on any atom is -0.496 e. The molecule has 1 atom stereocenters. The van der Waals surface area contributed by atoms with Crippen LogP contribution in [0, 0.1) is 13.8 Å². The van der Waals surface area contributed by atoms with Gasteiger partial charge in [-0.05, 0) is 44.0 Å². The Hall–Kier alpha value is -1.55. The van der Waals surface area contributed by atoms with Crippen LogP contribution in [-0.4, -0.2) is 49.5 Å². The van der Waals surface area contributed by atoms with Gasteiger partial charge >= 0.3 is 0 Å². The van der Waals surface area contributed by atoms with Crippen LogP contribution >= 0.6 is 0 Å². The zero-order valence-corrected chi connectivity index (χ0v) is 13.1. The number of hydrogen-bond donors (Lipinski definition) is 0. The predicted molar refractivity (Wildman–Crippen MR) is 80.0 cm³/mol. The van der Waals surface area contributed by atoms with Gasteiger partial charge in [-0.3, -0.25) is 9.69 Å². The zero-order valence-electron chi connectivity index (χ0n) is 13.1. The Kier molecular flexibility index (Phi) is 4.33. The maximum atomic E-state index is 12.0. The molecular formula is C16H24N2O2. The normalized spacial score (nSPS) is 19.0. The molecule has 1 aromatic carbocycles. The van der Waals surface area contributed by atoms with Crippen molar-refractivity contribution >= 4 is 5.91 Å². The highest BCUT2D eigenvalue weighted by Crippen LogP contribution is 2.25. The summed E-state index contributed by atoms with van der Waals surface area (Å²) in [6, 6.07) is 4.31. The Balaban J connectivity index is 2.12. The number of aryl methyl sites for hydroxylation is 2. The van der Waals surface area contributed by atoms with E-state index in [9.17, 15) is 4.79 Å². The molecule has 1 aliphatic rings. The molecule has 1 amide bonds. The first-order valence-electron chi connectivity index (χ1n) is 7.03. The molecule has 1 heterocycles. The molecule has 1 aliphatic heterocycles. The SMILES string of the molecule is COc1c(C)cc(CN(C)[C@H]2CCN(C)C2=O)cc1C. The number of rotatable bonds is 4. The van der Waals surface area contributed by atoms with E-state index in [0.29, 0.717) is 0 Å². The smallest absolute Gasteiger partial charge is 0.239 e. The summed E-state index contributed by atoms with van der Waals surface area (Å²) in [6.07, 6.45) is 0.917. The van der Waals surface area contributed by atoms with E-state index in [0.717, 1.165) is 36.4 Å². The number of hydrogen-bond acceptors (Lipinski definition) is 3. The maximum absolute atomic E-state index is 12.0. The second-order valence-corrected chi connectivity index (χ2v) is 5.74. The van der Waals surface area contributed by atoms with Gasteiger partial charge in [0.15, 0.2) is 0 Å². The summed E-state index contributed by atoms with van der Waals surface area (Å²) in [5, 5.41) is 0. The van der Waals surface area contributed by atoms with Crippen LogP contribution in [0.15, 0.2) is 12.1 Å². The van der Waals surface area contributed by atoms with Crippen molar-refractivity contribution in [1.82, 2.24) is 9.80 Å². The van der Waals surface area contributed by atoms with E-state index in [1.807, 2.05) is 19.0 Å². The van der Waals surface area contributed by atoms with Crippen LogP contribution in [0.4, 0.5) is 0 Å². The van der Waals surface area contributed by atoms with Crippen LogP contribution in [0.25, 0.3) is 0 Å². The van der Waals surface area contributed by atoms with Gasteiger partial charge in [-0.25, -0.2) is 0 Å². The summed E-state index contributed by atoms with van der Waals surface area (Å²) in [5.41, 5.74) is 3.52. The Labute approximate surface area is 121 Å². The third-order valence-electron chi connectivity index (χ3n) is 4.09. The third-order valence-corrected chi connectivity index (χ3v) is 4.09. The molecule has 1 fully saturated rings. The average Bonchev–Trinajstić information content (AvgIpc) is 2.69. The molecule has 0 radical (unpaired) electrons. The van der Waals surface area contributed by atoms with Crippen LogP contribution in [0.3, 0.4) is 0 Å².